The standard InChI is InChI=1S/C12H22N4O.ClH/c1-11(2,3)7-8-6-9(16-15-8)14-10(17)12(4,5)13;/h6H,7,13H2,1-5H3,(H2,14,15,16,17);1H. The molecule has 1 aromatic heterocycles. The largest absolute Gasteiger partial charge is 0.318 e. The van der Waals surface area contributed by atoms with E-state index in [0.717, 1.165) is 12.1 Å². The van der Waals surface area contributed by atoms with E-state index in [0.29, 0.717) is 5.82 Å². The van der Waals surface area contributed by atoms with Crippen LogP contribution in [0, 0.1) is 5.41 Å². The molecule has 0 unspecified atom stereocenters. The number of amides is 1. The van der Waals surface area contributed by atoms with E-state index in [1.165, 1.54) is 0 Å². The van der Waals surface area contributed by atoms with Gasteiger partial charge in [-0.3, -0.25) is 9.89 Å². The summed E-state index contributed by atoms with van der Waals surface area (Å²) in [4.78, 5) is 11.6. The van der Waals surface area contributed by atoms with Crippen LogP contribution in [0.25, 0.3) is 0 Å². The Balaban J connectivity index is 0.00000289. The zero-order valence-corrected chi connectivity index (χ0v) is 12.4. The number of aromatic nitrogens is 2. The van der Waals surface area contributed by atoms with Gasteiger partial charge in [0.1, 0.15) is 0 Å². The van der Waals surface area contributed by atoms with Gasteiger partial charge >= 0.3 is 0 Å². The lowest BCUT2D eigenvalue weighted by Crippen LogP contribution is -2.45. The van der Waals surface area contributed by atoms with Crippen LogP contribution in [0.4, 0.5) is 5.82 Å². The molecule has 0 atom stereocenters. The van der Waals surface area contributed by atoms with Crippen LogP contribution in [0.5, 0.6) is 0 Å². The maximum absolute atomic E-state index is 11.6. The predicted molar refractivity (Wildman–Crippen MR) is 75.9 cm³/mol. The van der Waals surface area contributed by atoms with Gasteiger partial charge in [0, 0.05) is 11.8 Å². The molecule has 0 bridgehead atoms. The number of hydrogen-bond acceptors (Lipinski definition) is 3. The predicted octanol–water partition coefficient (Wildman–Crippen LogP) is 2.10. The van der Waals surface area contributed by atoms with Gasteiger partial charge < -0.3 is 11.1 Å². The minimum atomic E-state index is -0.900. The molecule has 0 aliphatic heterocycles. The highest BCUT2D eigenvalue weighted by atomic mass is 35.5. The number of H-pyrrole nitrogens is 1. The van der Waals surface area contributed by atoms with E-state index < -0.39 is 5.54 Å². The summed E-state index contributed by atoms with van der Waals surface area (Å²) >= 11 is 0. The molecule has 5 nitrogen and oxygen atoms in total. The number of rotatable bonds is 3. The second kappa shape index (κ2) is 5.71. The number of anilines is 1. The molecule has 0 aliphatic rings. The second-order valence-corrected chi connectivity index (χ2v) is 6.19. The zero-order valence-electron chi connectivity index (χ0n) is 11.6. The van der Waals surface area contributed by atoms with Gasteiger partial charge in [-0.25, -0.2) is 0 Å². The monoisotopic (exact) mass is 274 g/mol. The SMILES string of the molecule is CC(C)(C)Cc1cc(NC(=O)C(C)(C)N)n[nH]1.Cl. The van der Waals surface area contributed by atoms with Crippen molar-refractivity contribution in [3.63, 3.8) is 0 Å². The Bertz CT molecular complexity index is 401. The molecular weight excluding hydrogens is 252 g/mol. The Morgan fingerprint density at radius 1 is 1.39 bits per heavy atom. The van der Waals surface area contributed by atoms with Crippen LogP contribution in [0.3, 0.4) is 0 Å². The molecule has 0 saturated carbocycles. The number of halogens is 1. The van der Waals surface area contributed by atoms with Crippen LogP contribution in [0.15, 0.2) is 6.07 Å². The minimum Gasteiger partial charge on any atom is -0.318 e. The number of hydrogen-bond donors (Lipinski definition) is 3. The fourth-order valence-corrected chi connectivity index (χ4v) is 1.36. The fraction of sp³-hybridized carbons (Fsp3) is 0.667. The minimum absolute atomic E-state index is 0. The van der Waals surface area contributed by atoms with Crippen LogP contribution in [-0.4, -0.2) is 21.6 Å². The van der Waals surface area contributed by atoms with Crippen molar-refractivity contribution in [2.75, 3.05) is 5.32 Å². The normalized spacial score (nSPS) is 11.9. The third-order valence-electron chi connectivity index (χ3n) is 2.18. The maximum Gasteiger partial charge on any atom is 0.245 e. The van der Waals surface area contributed by atoms with E-state index in [4.69, 9.17) is 5.73 Å². The van der Waals surface area contributed by atoms with Crippen LogP contribution in [0.1, 0.15) is 40.3 Å². The van der Waals surface area contributed by atoms with Crippen LogP contribution in [0.2, 0.25) is 0 Å². The lowest BCUT2D eigenvalue weighted by molar-refractivity contribution is -0.120. The molecule has 4 N–H and O–H groups in total. The number of aromatic amines is 1. The van der Waals surface area contributed by atoms with E-state index >= 15 is 0 Å². The van der Waals surface area contributed by atoms with E-state index in [2.05, 4.69) is 36.3 Å². The average Bonchev–Trinajstić information content (AvgIpc) is 2.47. The highest BCUT2D eigenvalue weighted by Gasteiger charge is 2.22. The van der Waals surface area contributed by atoms with E-state index in [1.54, 1.807) is 13.8 Å². The number of nitrogens with two attached hydrogens (primary N) is 1. The van der Waals surface area contributed by atoms with Gasteiger partial charge in [-0.15, -0.1) is 12.4 Å². The second-order valence-electron chi connectivity index (χ2n) is 6.19. The molecule has 0 spiro atoms. The molecule has 1 heterocycles. The van der Waals surface area contributed by atoms with Gasteiger partial charge in [-0.1, -0.05) is 20.8 Å². The number of carbonyl (C=O) groups excluding carboxylic acids is 1. The van der Waals surface area contributed by atoms with Gasteiger partial charge in [-0.05, 0) is 25.7 Å². The van der Waals surface area contributed by atoms with Crippen LogP contribution >= 0.6 is 12.4 Å². The van der Waals surface area contributed by atoms with Crippen molar-refractivity contribution in [2.45, 2.75) is 46.6 Å². The number of carbonyl (C=O) groups is 1. The van der Waals surface area contributed by atoms with Gasteiger partial charge in [0.2, 0.25) is 5.91 Å². The number of nitrogens with zero attached hydrogens (tertiary/aromatic N) is 1. The third kappa shape index (κ3) is 5.51. The summed E-state index contributed by atoms with van der Waals surface area (Å²) in [6.45, 7) is 9.76. The summed E-state index contributed by atoms with van der Waals surface area (Å²) in [6.07, 6.45) is 0.877. The van der Waals surface area contributed by atoms with Crippen molar-refractivity contribution in [3.05, 3.63) is 11.8 Å². The zero-order chi connectivity index (χ0) is 13.3. The van der Waals surface area contributed by atoms with Crippen molar-refractivity contribution in [2.24, 2.45) is 11.1 Å². The Morgan fingerprint density at radius 3 is 2.39 bits per heavy atom. The maximum atomic E-state index is 11.6. The number of nitrogens with one attached hydrogen (secondary N) is 2. The molecule has 18 heavy (non-hydrogen) atoms. The average molecular weight is 275 g/mol. The Labute approximate surface area is 114 Å². The molecule has 104 valence electrons. The first-order chi connectivity index (χ1) is 7.58. The van der Waals surface area contributed by atoms with Crippen LogP contribution in [-0.2, 0) is 11.2 Å². The molecule has 0 saturated heterocycles. The highest BCUT2D eigenvalue weighted by molar-refractivity contribution is 5.96. The molecule has 0 radical (unpaired) electrons. The van der Waals surface area contributed by atoms with Crippen molar-refractivity contribution in [3.8, 4) is 0 Å². The van der Waals surface area contributed by atoms with Gasteiger partial charge in [-0.2, -0.15) is 5.10 Å². The van der Waals surface area contributed by atoms with Gasteiger partial charge in [0.15, 0.2) is 5.82 Å². The topological polar surface area (TPSA) is 83.8 Å². The third-order valence-corrected chi connectivity index (χ3v) is 2.18. The molecule has 0 aromatic carbocycles. The van der Waals surface area contributed by atoms with Crippen molar-refractivity contribution in [1.29, 1.82) is 0 Å². The lowest BCUT2D eigenvalue weighted by Gasteiger charge is -2.16. The first-order valence-electron chi connectivity index (χ1n) is 5.72. The summed E-state index contributed by atoms with van der Waals surface area (Å²) in [5.74, 6) is 0.277. The smallest absolute Gasteiger partial charge is 0.245 e. The van der Waals surface area contributed by atoms with Gasteiger partial charge in [0.25, 0.3) is 0 Å². The molecular formula is C12H23ClN4O. The summed E-state index contributed by atoms with van der Waals surface area (Å²) in [7, 11) is 0. The van der Waals surface area contributed by atoms with E-state index in [9.17, 15) is 4.79 Å². The Kier molecular flexibility index (Phi) is 5.37. The lowest BCUT2D eigenvalue weighted by atomic mass is 9.91. The Hall–Kier alpha value is -1.07. The fourth-order valence-electron chi connectivity index (χ4n) is 1.36. The summed E-state index contributed by atoms with van der Waals surface area (Å²) < 4.78 is 0. The quantitative estimate of drug-likeness (QED) is 0.789. The first kappa shape index (κ1) is 16.9. The molecule has 1 aromatic rings. The van der Waals surface area contributed by atoms with Crippen molar-refractivity contribution >= 4 is 24.1 Å². The van der Waals surface area contributed by atoms with Crippen LogP contribution < -0.4 is 11.1 Å². The summed E-state index contributed by atoms with van der Waals surface area (Å²) in [6, 6.07) is 1.84. The summed E-state index contributed by atoms with van der Waals surface area (Å²) in [5.41, 5.74) is 5.97. The van der Waals surface area contributed by atoms with E-state index in [-0.39, 0.29) is 23.7 Å². The Morgan fingerprint density at radius 2 is 1.94 bits per heavy atom. The highest BCUT2D eigenvalue weighted by Crippen LogP contribution is 2.20. The van der Waals surface area contributed by atoms with E-state index in [1.807, 2.05) is 6.07 Å². The summed E-state index contributed by atoms with van der Waals surface area (Å²) in [5, 5.41) is 9.64. The molecule has 1 amide bonds. The van der Waals surface area contributed by atoms with Crippen molar-refractivity contribution in [1.82, 2.24) is 10.2 Å². The van der Waals surface area contributed by atoms with Crippen molar-refractivity contribution < 1.29 is 4.79 Å². The molecule has 6 heteroatoms. The molecule has 0 fully saturated rings. The molecule has 0 aliphatic carbocycles. The van der Waals surface area contributed by atoms with Gasteiger partial charge in [0.05, 0.1) is 5.54 Å². The molecule has 1 rings (SSSR count). The first-order valence-corrected chi connectivity index (χ1v) is 5.72.